The van der Waals surface area contributed by atoms with Gasteiger partial charge in [0.15, 0.2) is 12.6 Å². The second kappa shape index (κ2) is 5.77. The molecule has 0 spiro atoms. The molecule has 1 aromatic rings. The van der Waals surface area contributed by atoms with Gasteiger partial charge in [-0.2, -0.15) is 0 Å². The predicted octanol–water partition coefficient (Wildman–Crippen LogP) is 0.194. The minimum atomic E-state index is -1.14. The summed E-state index contributed by atoms with van der Waals surface area (Å²) in [6, 6.07) is 9.45. The highest BCUT2D eigenvalue weighted by Crippen LogP contribution is 2.33. The topological polar surface area (TPSA) is 77.4 Å². The standard InChI is InChI=1S/C14H18O6/c1-17-14-11(16)10(15)12-9(19-14)7-18-13(20-12)8-5-3-2-4-6-8/h2-6,9-16H,7H2,1H3/t9-,10-,11-,12-,13-,14+/m1/s1. The second-order valence-corrected chi connectivity index (χ2v) is 4.94. The molecule has 6 nitrogen and oxygen atoms in total. The monoisotopic (exact) mass is 282 g/mol. The van der Waals surface area contributed by atoms with Crippen molar-refractivity contribution in [2.24, 2.45) is 0 Å². The largest absolute Gasteiger partial charge is 0.387 e. The molecule has 0 radical (unpaired) electrons. The molecule has 0 amide bonds. The molecule has 3 rings (SSSR count). The van der Waals surface area contributed by atoms with Crippen LogP contribution in [-0.4, -0.2) is 54.6 Å². The number of methoxy groups -OCH3 is 1. The molecule has 0 saturated carbocycles. The number of aliphatic hydroxyl groups excluding tert-OH is 2. The van der Waals surface area contributed by atoms with E-state index in [1.807, 2.05) is 30.3 Å². The SMILES string of the molecule is CO[C@H]1O[C@@H]2CO[C@@H](c3ccccc3)O[C@H]2[C@H](O)[C@H]1O. The van der Waals surface area contributed by atoms with Crippen molar-refractivity contribution in [3.8, 4) is 0 Å². The third-order valence-electron chi connectivity index (χ3n) is 3.64. The van der Waals surface area contributed by atoms with E-state index in [9.17, 15) is 10.2 Å². The van der Waals surface area contributed by atoms with Gasteiger partial charge in [0, 0.05) is 12.7 Å². The molecule has 1 aromatic carbocycles. The lowest BCUT2D eigenvalue weighted by molar-refractivity contribution is -0.358. The van der Waals surface area contributed by atoms with Crippen LogP contribution in [0.15, 0.2) is 30.3 Å². The Bertz CT molecular complexity index is 437. The highest BCUT2D eigenvalue weighted by Gasteiger charge is 2.48. The summed E-state index contributed by atoms with van der Waals surface area (Å²) >= 11 is 0. The summed E-state index contributed by atoms with van der Waals surface area (Å²) in [4.78, 5) is 0. The quantitative estimate of drug-likeness (QED) is 0.806. The Morgan fingerprint density at radius 3 is 2.55 bits per heavy atom. The van der Waals surface area contributed by atoms with Crippen LogP contribution < -0.4 is 0 Å². The highest BCUT2D eigenvalue weighted by molar-refractivity contribution is 5.16. The normalized spacial score (nSPS) is 41.1. The number of fused-ring (bicyclic) bond motifs is 1. The Labute approximate surface area is 116 Å². The van der Waals surface area contributed by atoms with Crippen LogP contribution in [0.3, 0.4) is 0 Å². The summed E-state index contributed by atoms with van der Waals surface area (Å²) in [5, 5.41) is 20.1. The van der Waals surface area contributed by atoms with Crippen molar-refractivity contribution in [1.82, 2.24) is 0 Å². The fraction of sp³-hybridized carbons (Fsp3) is 0.571. The molecule has 2 fully saturated rings. The average molecular weight is 282 g/mol. The molecular formula is C14H18O6. The molecule has 0 bridgehead atoms. The van der Waals surface area contributed by atoms with Crippen molar-refractivity contribution in [2.45, 2.75) is 37.0 Å². The van der Waals surface area contributed by atoms with Crippen LogP contribution in [0.1, 0.15) is 11.9 Å². The van der Waals surface area contributed by atoms with Crippen LogP contribution in [0.25, 0.3) is 0 Å². The molecule has 2 N–H and O–H groups in total. The van der Waals surface area contributed by atoms with Crippen molar-refractivity contribution >= 4 is 0 Å². The molecule has 6 heteroatoms. The maximum Gasteiger partial charge on any atom is 0.186 e. The Kier molecular flexibility index (Phi) is 4.02. The van der Waals surface area contributed by atoms with Crippen molar-refractivity contribution in [3.63, 3.8) is 0 Å². The van der Waals surface area contributed by atoms with Gasteiger partial charge in [-0.15, -0.1) is 0 Å². The molecule has 0 unspecified atom stereocenters. The van der Waals surface area contributed by atoms with Gasteiger partial charge in [0.2, 0.25) is 0 Å². The van der Waals surface area contributed by atoms with E-state index in [4.69, 9.17) is 18.9 Å². The third-order valence-corrected chi connectivity index (χ3v) is 3.64. The minimum absolute atomic E-state index is 0.272. The Morgan fingerprint density at radius 2 is 1.85 bits per heavy atom. The molecule has 0 aromatic heterocycles. The van der Waals surface area contributed by atoms with Gasteiger partial charge in [-0.1, -0.05) is 30.3 Å². The predicted molar refractivity (Wildman–Crippen MR) is 67.7 cm³/mol. The maximum absolute atomic E-state index is 10.1. The third kappa shape index (κ3) is 2.46. The van der Waals surface area contributed by atoms with E-state index in [2.05, 4.69) is 0 Å². The smallest absolute Gasteiger partial charge is 0.186 e. The molecule has 2 aliphatic heterocycles. The van der Waals surface area contributed by atoms with E-state index in [0.29, 0.717) is 0 Å². The van der Waals surface area contributed by atoms with Gasteiger partial charge in [-0.25, -0.2) is 0 Å². The molecule has 2 aliphatic rings. The van der Waals surface area contributed by atoms with E-state index in [0.717, 1.165) is 5.56 Å². The number of hydrogen-bond donors (Lipinski definition) is 2. The van der Waals surface area contributed by atoms with Crippen molar-refractivity contribution < 1.29 is 29.2 Å². The fourth-order valence-corrected chi connectivity index (χ4v) is 2.55. The zero-order chi connectivity index (χ0) is 14.1. The van der Waals surface area contributed by atoms with E-state index in [1.54, 1.807) is 0 Å². The van der Waals surface area contributed by atoms with Crippen LogP contribution in [0, 0.1) is 0 Å². The molecule has 110 valence electrons. The van der Waals surface area contributed by atoms with Gasteiger partial charge in [0.1, 0.15) is 24.4 Å². The molecule has 20 heavy (non-hydrogen) atoms. The summed E-state index contributed by atoms with van der Waals surface area (Å²) in [6.45, 7) is 0.272. The van der Waals surface area contributed by atoms with Crippen molar-refractivity contribution in [3.05, 3.63) is 35.9 Å². The van der Waals surface area contributed by atoms with Crippen LogP contribution >= 0.6 is 0 Å². The first-order valence-corrected chi connectivity index (χ1v) is 6.57. The van der Waals surface area contributed by atoms with Crippen molar-refractivity contribution in [2.75, 3.05) is 13.7 Å². The molecular weight excluding hydrogens is 264 g/mol. The van der Waals surface area contributed by atoms with Gasteiger partial charge in [0.05, 0.1) is 6.61 Å². The van der Waals surface area contributed by atoms with Crippen LogP contribution in [0.2, 0.25) is 0 Å². The lowest BCUT2D eigenvalue weighted by Gasteiger charge is -2.45. The van der Waals surface area contributed by atoms with Crippen LogP contribution in [0.5, 0.6) is 0 Å². The summed E-state index contributed by atoms with van der Waals surface area (Å²) in [7, 11) is 1.41. The van der Waals surface area contributed by atoms with Gasteiger partial charge in [0.25, 0.3) is 0 Å². The molecule has 2 saturated heterocycles. The Balaban J connectivity index is 1.74. The number of hydrogen-bond acceptors (Lipinski definition) is 6. The maximum atomic E-state index is 10.1. The summed E-state index contributed by atoms with van der Waals surface area (Å²) in [5.74, 6) is 0. The number of rotatable bonds is 2. The van der Waals surface area contributed by atoms with Crippen LogP contribution in [-0.2, 0) is 18.9 Å². The van der Waals surface area contributed by atoms with Crippen molar-refractivity contribution in [1.29, 1.82) is 0 Å². The van der Waals surface area contributed by atoms with Gasteiger partial charge >= 0.3 is 0 Å². The zero-order valence-electron chi connectivity index (χ0n) is 11.1. The number of ether oxygens (including phenoxy) is 4. The lowest BCUT2D eigenvalue weighted by atomic mass is 9.98. The summed E-state index contributed by atoms with van der Waals surface area (Å²) in [6.07, 6.45) is -4.76. The molecule has 6 atom stereocenters. The van der Waals surface area contributed by atoms with E-state index in [-0.39, 0.29) is 6.61 Å². The number of aliphatic hydroxyl groups is 2. The average Bonchev–Trinajstić information content (AvgIpc) is 2.51. The zero-order valence-corrected chi connectivity index (χ0v) is 11.1. The first-order chi connectivity index (χ1) is 9.70. The van der Waals surface area contributed by atoms with Crippen LogP contribution in [0.4, 0.5) is 0 Å². The van der Waals surface area contributed by atoms with E-state index in [1.165, 1.54) is 7.11 Å². The van der Waals surface area contributed by atoms with Gasteiger partial charge in [-0.05, 0) is 0 Å². The first kappa shape index (κ1) is 13.9. The Hall–Kier alpha value is -1.02. The first-order valence-electron chi connectivity index (χ1n) is 6.57. The van der Waals surface area contributed by atoms with E-state index >= 15 is 0 Å². The van der Waals surface area contributed by atoms with Gasteiger partial charge < -0.3 is 29.2 Å². The second-order valence-electron chi connectivity index (χ2n) is 4.94. The summed E-state index contributed by atoms with van der Waals surface area (Å²) in [5.41, 5.74) is 0.863. The lowest BCUT2D eigenvalue weighted by Crippen LogP contribution is -2.62. The number of benzene rings is 1. The fourth-order valence-electron chi connectivity index (χ4n) is 2.55. The molecule has 2 heterocycles. The molecule has 0 aliphatic carbocycles. The minimum Gasteiger partial charge on any atom is -0.387 e. The summed E-state index contributed by atoms with van der Waals surface area (Å²) < 4.78 is 21.9. The van der Waals surface area contributed by atoms with Gasteiger partial charge in [-0.3, -0.25) is 0 Å². The van der Waals surface area contributed by atoms with E-state index < -0.39 is 37.0 Å². The Morgan fingerprint density at radius 1 is 1.10 bits per heavy atom. The highest BCUT2D eigenvalue weighted by atomic mass is 16.7.